The number of carboxylic acid groups (broad SMARTS) is 1. The molecule has 172 valence electrons. The highest BCUT2D eigenvalue weighted by molar-refractivity contribution is 6.39. The summed E-state index contributed by atoms with van der Waals surface area (Å²) in [4.78, 5) is 39.6. The van der Waals surface area contributed by atoms with Crippen LogP contribution in [0, 0.1) is 0 Å². The molecule has 10 nitrogen and oxygen atoms in total. The topological polar surface area (TPSA) is 140 Å². The maximum atomic E-state index is 12.4. The second-order valence-electron chi connectivity index (χ2n) is 7.69. The molecule has 3 aromatic rings. The van der Waals surface area contributed by atoms with Crippen LogP contribution in [-0.2, 0) is 9.59 Å². The molecule has 2 aromatic carbocycles. The highest BCUT2D eigenvalue weighted by Gasteiger charge is 2.26. The number of benzene rings is 2. The lowest BCUT2D eigenvalue weighted by molar-refractivity contribution is -0.137. The van der Waals surface area contributed by atoms with Gasteiger partial charge in [-0.05, 0) is 50.2 Å². The number of rotatable bonds is 8. The summed E-state index contributed by atoms with van der Waals surface area (Å²) in [6.07, 6.45) is 2.83. The van der Waals surface area contributed by atoms with Gasteiger partial charge in [0.05, 0.1) is 30.0 Å². The molecule has 0 fully saturated rings. The second kappa shape index (κ2) is 9.86. The highest BCUT2D eigenvalue weighted by atomic mass is 16.5. The number of hydrogen-bond donors (Lipinski definition) is 3. The van der Waals surface area contributed by atoms with Gasteiger partial charge < -0.3 is 29.6 Å². The maximum absolute atomic E-state index is 12.4. The van der Waals surface area contributed by atoms with Crippen LogP contribution >= 0.6 is 0 Å². The number of hydrogen-bond acceptors (Lipinski definition) is 7. The Labute approximate surface area is 189 Å². The van der Waals surface area contributed by atoms with E-state index in [1.165, 1.54) is 44.0 Å². The molecule has 1 heterocycles. The Morgan fingerprint density at radius 2 is 1.82 bits per heavy atom. The van der Waals surface area contributed by atoms with E-state index in [-0.39, 0.29) is 12.2 Å². The van der Waals surface area contributed by atoms with E-state index >= 15 is 0 Å². The number of amides is 2. The number of nitrogens with zero attached hydrogens (tertiary/aromatic N) is 1. The molecule has 0 radical (unpaired) electrons. The van der Waals surface area contributed by atoms with Crippen LogP contribution in [0.5, 0.6) is 11.5 Å². The summed E-state index contributed by atoms with van der Waals surface area (Å²) in [5.41, 5.74) is 0.264. The minimum absolute atomic E-state index is 0.0537. The standard InChI is InChI=1S/C23H23N3O7/c1-23(2,12-32-16-7-4-14(5-8-16)22(29)30)26-21(28)20(27)25-15-6-9-17(18(10-15)31-3)19-11-24-13-33-19/h4-11,13H,12H2,1-3H3,(H,25,27)(H,26,28)(H,29,30). The van der Waals surface area contributed by atoms with Crippen molar-refractivity contribution in [2.45, 2.75) is 19.4 Å². The van der Waals surface area contributed by atoms with Crippen LogP contribution in [0.15, 0.2) is 59.5 Å². The van der Waals surface area contributed by atoms with Crippen molar-refractivity contribution in [3.05, 3.63) is 60.6 Å². The summed E-state index contributed by atoms with van der Waals surface area (Å²) in [6.45, 7) is 3.44. The second-order valence-corrected chi connectivity index (χ2v) is 7.69. The summed E-state index contributed by atoms with van der Waals surface area (Å²) in [5.74, 6) is -1.36. The van der Waals surface area contributed by atoms with E-state index < -0.39 is 23.3 Å². The molecule has 0 unspecified atom stereocenters. The molecule has 0 aliphatic carbocycles. The zero-order valence-electron chi connectivity index (χ0n) is 18.2. The monoisotopic (exact) mass is 453 g/mol. The summed E-state index contributed by atoms with van der Waals surface area (Å²) < 4.78 is 16.2. The van der Waals surface area contributed by atoms with Gasteiger partial charge in [-0.25, -0.2) is 9.78 Å². The minimum atomic E-state index is -1.04. The van der Waals surface area contributed by atoms with Crippen molar-refractivity contribution in [3.8, 4) is 22.8 Å². The van der Waals surface area contributed by atoms with Crippen LogP contribution in [-0.4, -0.2) is 47.1 Å². The smallest absolute Gasteiger partial charge is 0.335 e. The molecule has 3 rings (SSSR count). The zero-order chi connectivity index (χ0) is 24.0. The number of methoxy groups -OCH3 is 1. The molecule has 33 heavy (non-hydrogen) atoms. The largest absolute Gasteiger partial charge is 0.496 e. The van der Waals surface area contributed by atoms with E-state index in [0.717, 1.165) is 0 Å². The summed E-state index contributed by atoms with van der Waals surface area (Å²) >= 11 is 0. The number of nitrogens with one attached hydrogen (secondary N) is 2. The number of carbonyl (C=O) groups is 3. The Bertz CT molecular complexity index is 1140. The lowest BCUT2D eigenvalue weighted by atomic mass is 10.1. The summed E-state index contributed by atoms with van der Waals surface area (Å²) in [6, 6.07) is 10.7. The maximum Gasteiger partial charge on any atom is 0.335 e. The average molecular weight is 453 g/mol. The fraction of sp³-hybridized carbons (Fsp3) is 0.217. The Kier molecular flexibility index (Phi) is 6.97. The molecule has 0 spiro atoms. The molecule has 1 aromatic heterocycles. The van der Waals surface area contributed by atoms with E-state index in [0.29, 0.717) is 28.5 Å². The van der Waals surface area contributed by atoms with Gasteiger partial charge in [0.25, 0.3) is 0 Å². The zero-order valence-corrected chi connectivity index (χ0v) is 18.2. The number of carboxylic acids is 1. The van der Waals surface area contributed by atoms with Crippen LogP contribution in [0.25, 0.3) is 11.3 Å². The third-order valence-corrected chi connectivity index (χ3v) is 4.52. The quantitative estimate of drug-likeness (QED) is 0.442. The van der Waals surface area contributed by atoms with Gasteiger partial charge in [0.1, 0.15) is 18.1 Å². The van der Waals surface area contributed by atoms with Gasteiger partial charge in [-0.15, -0.1) is 0 Å². The van der Waals surface area contributed by atoms with Gasteiger partial charge in [0.15, 0.2) is 12.2 Å². The van der Waals surface area contributed by atoms with Gasteiger partial charge in [-0.3, -0.25) is 9.59 Å². The lowest BCUT2D eigenvalue weighted by Gasteiger charge is -2.26. The van der Waals surface area contributed by atoms with Crippen LogP contribution in [0.1, 0.15) is 24.2 Å². The molecule has 0 saturated carbocycles. The highest BCUT2D eigenvalue weighted by Crippen LogP contribution is 2.32. The molecule has 0 bridgehead atoms. The Morgan fingerprint density at radius 1 is 1.09 bits per heavy atom. The van der Waals surface area contributed by atoms with Crippen molar-refractivity contribution in [2.24, 2.45) is 0 Å². The number of oxazole rings is 1. The van der Waals surface area contributed by atoms with Gasteiger partial charge in [-0.2, -0.15) is 0 Å². The first kappa shape index (κ1) is 23.3. The summed E-state index contributed by atoms with van der Waals surface area (Å²) in [5, 5.41) is 14.1. The Balaban J connectivity index is 1.58. The number of carbonyl (C=O) groups excluding carboxylic acids is 2. The number of anilines is 1. The van der Waals surface area contributed by atoms with Crippen molar-refractivity contribution < 1.29 is 33.4 Å². The van der Waals surface area contributed by atoms with Crippen LogP contribution in [0.3, 0.4) is 0 Å². The molecule has 3 N–H and O–H groups in total. The Hall–Kier alpha value is -4.34. The Morgan fingerprint density at radius 3 is 2.42 bits per heavy atom. The van der Waals surface area contributed by atoms with E-state index in [1.54, 1.807) is 32.0 Å². The molecule has 10 heteroatoms. The third kappa shape index (κ3) is 6.10. The van der Waals surface area contributed by atoms with Gasteiger partial charge >= 0.3 is 17.8 Å². The van der Waals surface area contributed by atoms with Crippen LogP contribution in [0.4, 0.5) is 5.69 Å². The predicted octanol–water partition coefficient (Wildman–Crippen LogP) is 2.96. The molecular weight excluding hydrogens is 430 g/mol. The van der Waals surface area contributed by atoms with Gasteiger partial charge in [-0.1, -0.05) is 0 Å². The first-order chi connectivity index (χ1) is 15.7. The van der Waals surface area contributed by atoms with Gasteiger partial charge in [0, 0.05) is 11.8 Å². The third-order valence-electron chi connectivity index (χ3n) is 4.52. The van der Waals surface area contributed by atoms with E-state index in [4.69, 9.17) is 19.0 Å². The number of ether oxygens (including phenoxy) is 2. The normalized spacial score (nSPS) is 10.9. The van der Waals surface area contributed by atoms with Crippen LogP contribution in [0.2, 0.25) is 0 Å². The fourth-order valence-electron chi connectivity index (χ4n) is 2.87. The first-order valence-electron chi connectivity index (χ1n) is 9.85. The molecular formula is C23H23N3O7. The van der Waals surface area contributed by atoms with Crippen molar-refractivity contribution in [1.29, 1.82) is 0 Å². The lowest BCUT2D eigenvalue weighted by Crippen LogP contribution is -2.51. The van der Waals surface area contributed by atoms with Crippen molar-refractivity contribution in [1.82, 2.24) is 10.3 Å². The van der Waals surface area contributed by atoms with E-state index in [1.807, 2.05) is 0 Å². The molecule has 0 aliphatic heterocycles. The minimum Gasteiger partial charge on any atom is -0.496 e. The molecule has 0 aliphatic rings. The SMILES string of the molecule is COc1cc(NC(=O)C(=O)NC(C)(C)COc2ccc(C(=O)O)cc2)ccc1-c1cnco1. The van der Waals surface area contributed by atoms with Crippen molar-refractivity contribution in [2.75, 3.05) is 19.0 Å². The van der Waals surface area contributed by atoms with Crippen molar-refractivity contribution >= 4 is 23.5 Å². The van der Waals surface area contributed by atoms with E-state index in [9.17, 15) is 14.4 Å². The average Bonchev–Trinajstić information content (AvgIpc) is 3.32. The predicted molar refractivity (Wildman–Crippen MR) is 118 cm³/mol. The molecule has 0 atom stereocenters. The first-order valence-corrected chi connectivity index (χ1v) is 9.85. The fourth-order valence-corrected chi connectivity index (χ4v) is 2.87. The summed E-state index contributed by atoms with van der Waals surface area (Å²) in [7, 11) is 1.48. The number of aromatic carboxylic acids is 1. The molecule has 0 saturated heterocycles. The molecule has 2 amide bonds. The van der Waals surface area contributed by atoms with Crippen LogP contribution < -0.4 is 20.1 Å². The van der Waals surface area contributed by atoms with Gasteiger partial charge in [0.2, 0.25) is 0 Å². The van der Waals surface area contributed by atoms with E-state index in [2.05, 4.69) is 15.6 Å². The number of aromatic nitrogens is 1. The van der Waals surface area contributed by atoms with Crippen molar-refractivity contribution in [3.63, 3.8) is 0 Å².